The predicted octanol–water partition coefficient (Wildman–Crippen LogP) is 5.93. The second kappa shape index (κ2) is 12.8. The Kier molecular flexibility index (Phi) is 8.53. The molecule has 1 unspecified atom stereocenters. The summed E-state index contributed by atoms with van der Waals surface area (Å²) in [5, 5.41) is 3.27. The Morgan fingerprint density at radius 2 is 1.84 bits per heavy atom. The summed E-state index contributed by atoms with van der Waals surface area (Å²) >= 11 is 6.35. The second-order valence-electron chi connectivity index (χ2n) is 10.8. The van der Waals surface area contributed by atoms with Crippen LogP contribution in [0.1, 0.15) is 40.4 Å². The van der Waals surface area contributed by atoms with Gasteiger partial charge in [-0.3, -0.25) is 19.6 Å². The highest BCUT2D eigenvalue weighted by atomic mass is 35.5. The van der Waals surface area contributed by atoms with Crippen LogP contribution < -0.4 is 15.0 Å². The zero-order valence-electron chi connectivity index (χ0n) is 23.9. The van der Waals surface area contributed by atoms with E-state index in [9.17, 15) is 9.59 Å². The number of hydrogen-bond donors (Lipinski definition) is 1. The Balaban J connectivity index is 1.08. The van der Waals surface area contributed by atoms with Crippen LogP contribution in [0.4, 0.5) is 10.5 Å². The number of halogens is 1. The van der Waals surface area contributed by atoms with Gasteiger partial charge < -0.3 is 15.0 Å². The molecule has 4 aromatic rings. The van der Waals surface area contributed by atoms with Gasteiger partial charge in [-0.1, -0.05) is 29.8 Å². The summed E-state index contributed by atoms with van der Waals surface area (Å²) in [6.45, 7) is 3.08. The van der Waals surface area contributed by atoms with Crippen LogP contribution in [0, 0.1) is 0 Å². The third-order valence-electron chi connectivity index (χ3n) is 8.05. The highest BCUT2D eigenvalue weighted by Crippen LogP contribution is 2.37. The van der Waals surface area contributed by atoms with Gasteiger partial charge in [0.1, 0.15) is 5.75 Å². The summed E-state index contributed by atoms with van der Waals surface area (Å²) in [6, 6.07) is 22.5. The lowest BCUT2D eigenvalue weighted by Crippen LogP contribution is -2.47. The second-order valence-corrected chi connectivity index (χ2v) is 11.2. The first-order valence-electron chi connectivity index (χ1n) is 14.4. The molecule has 9 nitrogen and oxygen atoms in total. The van der Waals surface area contributed by atoms with Crippen LogP contribution in [-0.2, 0) is 6.54 Å². The minimum absolute atomic E-state index is 0.0134. The fourth-order valence-electron chi connectivity index (χ4n) is 5.85. The number of amides is 3. The number of piperidine rings is 1. The molecule has 10 heteroatoms. The van der Waals surface area contributed by atoms with Crippen molar-refractivity contribution in [2.75, 3.05) is 31.6 Å². The monoisotopic (exact) mass is 596 g/mol. The van der Waals surface area contributed by atoms with Gasteiger partial charge in [-0.25, -0.2) is 9.78 Å². The minimum Gasteiger partial charge on any atom is -0.439 e. The van der Waals surface area contributed by atoms with Crippen LogP contribution >= 0.6 is 11.6 Å². The number of urea groups is 1. The number of carbonyl (C=O) groups is 2. The zero-order valence-corrected chi connectivity index (χ0v) is 24.7. The quantitative estimate of drug-likeness (QED) is 0.271. The van der Waals surface area contributed by atoms with Crippen LogP contribution in [0.3, 0.4) is 0 Å². The molecule has 0 saturated carbocycles. The molecule has 1 atom stereocenters. The van der Waals surface area contributed by atoms with E-state index in [4.69, 9.17) is 16.3 Å². The molecule has 0 spiro atoms. The van der Waals surface area contributed by atoms with Gasteiger partial charge in [0.15, 0.2) is 0 Å². The van der Waals surface area contributed by atoms with Gasteiger partial charge in [0.25, 0.3) is 5.91 Å². The fraction of sp³-hybridized carbons (Fsp3) is 0.273. The highest BCUT2D eigenvalue weighted by Gasteiger charge is 2.43. The number of anilines is 1. The van der Waals surface area contributed by atoms with Gasteiger partial charge >= 0.3 is 6.03 Å². The van der Waals surface area contributed by atoms with Gasteiger partial charge in [-0.15, -0.1) is 0 Å². The Morgan fingerprint density at radius 3 is 2.51 bits per heavy atom. The number of nitrogens with zero attached hydrogens (tertiary/aromatic N) is 5. The summed E-state index contributed by atoms with van der Waals surface area (Å²) in [6.07, 6.45) is 7.06. The molecule has 2 aliphatic heterocycles. The third kappa shape index (κ3) is 6.48. The molecule has 0 bridgehead atoms. The summed E-state index contributed by atoms with van der Waals surface area (Å²) in [5.41, 5.74) is 3.52. The first-order chi connectivity index (χ1) is 21.0. The number of benzene rings is 2. The molecule has 0 aliphatic carbocycles. The Hall–Kier alpha value is -4.47. The lowest BCUT2D eigenvalue weighted by Gasteiger charge is -2.39. The van der Waals surface area contributed by atoms with E-state index in [1.54, 1.807) is 43.7 Å². The van der Waals surface area contributed by atoms with Crippen molar-refractivity contribution < 1.29 is 14.3 Å². The molecular formula is C33H33ClN6O3. The molecule has 2 aliphatic rings. The molecule has 4 heterocycles. The average Bonchev–Trinajstić information content (AvgIpc) is 3.39. The molecule has 6 rings (SSSR count). The molecule has 0 radical (unpaired) electrons. The lowest BCUT2D eigenvalue weighted by molar-refractivity contribution is 0.0963. The first kappa shape index (κ1) is 28.6. The normalized spacial score (nSPS) is 17.7. The number of rotatable bonds is 8. The molecule has 2 aromatic heterocycles. The van der Waals surface area contributed by atoms with E-state index in [1.165, 1.54) is 0 Å². The van der Waals surface area contributed by atoms with E-state index in [1.807, 2.05) is 53.6 Å². The molecular weight excluding hydrogens is 564 g/mol. The molecule has 3 amide bonds. The van der Waals surface area contributed by atoms with Gasteiger partial charge in [0, 0.05) is 61.8 Å². The largest absolute Gasteiger partial charge is 0.439 e. The fourth-order valence-corrected chi connectivity index (χ4v) is 6.05. The summed E-state index contributed by atoms with van der Waals surface area (Å²) < 4.78 is 5.86. The number of nitrogens with one attached hydrogen (secondary N) is 1. The smallest absolute Gasteiger partial charge is 0.325 e. The maximum Gasteiger partial charge on any atom is 0.325 e. The molecule has 43 heavy (non-hydrogen) atoms. The number of pyridine rings is 2. The van der Waals surface area contributed by atoms with Crippen molar-refractivity contribution >= 4 is 29.2 Å². The lowest BCUT2D eigenvalue weighted by atomic mass is 9.99. The summed E-state index contributed by atoms with van der Waals surface area (Å²) in [4.78, 5) is 40.6. The standard InChI is InChI=1S/C33H33ClN6O3/c1-35-32(41)24-8-10-29(11-9-24)43-31-12-7-23(19-37-31)21-38-16-13-27(14-17-38)40-30(25-4-2-5-26(34)18-25)22-39(33(40)42)28-6-3-15-36-20-28/h2-12,15,18-20,27,30H,13-14,16-17,21-22H2,1H3,(H,35,41). The molecule has 2 fully saturated rings. The van der Waals surface area contributed by atoms with E-state index in [2.05, 4.69) is 31.2 Å². The Morgan fingerprint density at radius 1 is 1.02 bits per heavy atom. The number of likely N-dealkylation sites (tertiary alicyclic amines) is 1. The van der Waals surface area contributed by atoms with Crippen molar-refractivity contribution in [1.29, 1.82) is 0 Å². The Bertz CT molecular complexity index is 1560. The number of ether oxygens (including phenoxy) is 1. The molecule has 2 aromatic carbocycles. The first-order valence-corrected chi connectivity index (χ1v) is 14.8. The average molecular weight is 597 g/mol. The third-order valence-corrected chi connectivity index (χ3v) is 8.29. The predicted molar refractivity (Wildman–Crippen MR) is 165 cm³/mol. The van der Waals surface area contributed by atoms with Crippen molar-refractivity contribution in [2.45, 2.75) is 31.5 Å². The van der Waals surface area contributed by atoms with Crippen LogP contribution in [0.2, 0.25) is 5.02 Å². The van der Waals surface area contributed by atoms with E-state index in [0.29, 0.717) is 28.8 Å². The SMILES string of the molecule is CNC(=O)c1ccc(Oc2ccc(CN3CCC(N4C(=O)N(c5cccnc5)CC4c4cccc(Cl)c4)CC3)cn2)cc1. The van der Waals surface area contributed by atoms with Crippen LogP contribution in [0.5, 0.6) is 11.6 Å². The van der Waals surface area contributed by atoms with E-state index < -0.39 is 0 Å². The summed E-state index contributed by atoms with van der Waals surface area (Å²) in [5.74, 6) is 0.968. The summed E-state index contributed by atoms with van der Waals surface area (Å²) in [7, 11) is 1.60. The van der Waals surface area contributed by atoms with Crippen LogP contribution in [0.15, 0.2) is 91.4 Å². The maximum atomic E-state index is 13.8. The molecule has 2 saturated heterocycles. The van der Waals surface area contributed by atoms with Gasteiger partial charge in [0.05, 0.1) is 24.5 Å². The van der Waals surface area contributed by atoms with Crippen LogP contribution in [0.25, 0.3) is 0 Å². The Labute approximate surface area is 256 Å². The molecule has 1 N–H and O–H groups in total. The van der Waals surface area contributed by atoms with Crippen molar-refractivity contribution in [2.24, 2.45) is 0 Å². The van der Waals surface area contributed by atoms with Crippen LogP contribution in [-0.4, -0.2) is 64.4 Å². The van der Waals surface area contributed by atoms with Crippen molar-refractivity contribution in [3.8, 4) is 11.6 Å². The maximum absolute atomic E-state index is 13.8. The van der Waals surface area contributed by atoms with Gasteiger partial charge in [-0.2, -0.15) is 0 Å². The van der Waals surface area contributed by atoms with E-state index in [0.717, 1.165) is 49.3 Å². The highest BCUT2D eigenvalue weighted by molar-refractivity contribution is 6.30. The van der Waals surface area contributed by atoms with E-state index >= 15 is 0 Å². The van der Waals surface area contributed by atoms with Crippen molar-refractivity contribution in [3.63, 3.8) is 0 Å². The number of carbonyl (C=O) groups excluding carboxylic acids is 2. The number of aromatic nitrogens is 2. The van der Waals surface area contributed by atoms with Gasteiger partial charge in [0.2, 0.25) is 5.88 Å². The molecule has 220 valence electrons. The van der Waals surface area contributed by atoms with Gasteiger partial charge in [-0.05, 0) is 72.5 Å². The topological polar surface area (TPSA) is 90.9 Å². The minimum atomic E-state index is -0.141. The van der Waals surface area contributed by atoms with Crippen molar-refractivity contribution in [1.82, 2.24) is 25.1 Å². The van der Waals surface area contributed by atoms with Crippen molar-refractivity contribution in [3.05, 3.63) is 113 Å². The van der Waals surface area contributed by atoms with E-state index in [-0.39, 0.29) is 24.0 Å². The number of hydrogen-bond acceptors (Lipinski definition) is 6. The zero-order chi connectivity index (χ0) is 29.8.